The van der Waals surface area contributed by atoms with Gasteiger partial charge in [0.15, 0.2) is 5.82 Å². The first kappa shape index (κ1) is 18.7. The monoisotopic (exact) mass is 418 g/mol. The summed E-state index contributed by atoms with van der Waals surface area (Å²) in [6.07, 6.45) is 7.15. The fraction of sp³-hybridized carbons (Fsp3) is 0.500. The molecule has 6 heterocycles. The smallest absolute Gasteiger partial charge is 0.223 e. The summed E-state index contributed by atoms with van der Waals surface area (Å²) in [7, 11) is 5.59. The molecule has 0 aromatic carbocycles. The quantitative estimate of drug-likeness (QED) is 0.623. The average molecular weight is 419 g/mol. The molecular formula is C22H26N8O. The minimum absolute atomic E-state index is 0.493. The van der Waals surface area contributed by atoms with Gasteiger partial charge in [-0.1, -0.05) is 5.21 Å². The molecule has 6 rings (SSSR count). The number of ether oxygens (including phenoxy) is 1. The minimum atomic E-state index is 0.493. The number of rotatable bonds is 5. The summed E-state index contributed by atoms with van der Waals surface area (Å²) in [6, 6.07) is 10.7. The summed E-state index contributed by atoms with van der Waals surface area (Å²) >= 11 is 0. The van der Waals surface area contributed by atoms with E-state index in [0.29, 0.717) is 18.0 Å². The number of hydrogen-bond acceptors (Lipinski definition) is 8. The molecule has 9 nitrogen and oxygen atoms in total. The number of aryl methyl sites for hydroxylation is 1. The van der Waals surface area contributed by atoms with Crippen molar-refractivity contribution < 1.29 is 4.74 Å². The maximum absolute atomic E-state index is 5.50. The maximum atomic E-state index is 5.50. The maximum Gasteiger partial charge on any atom is 0.223 e. The predicted octanol–water partition coefficient (Wildman–Crippen LogP) is 2.16. The van der Waals surface area contributed by atoms with Crippen molar-refractivity contribution in [1.29, 1.82) is 0 Å². The number of methoxy groups -OCH3 is 1. The van der Waals surface area contributed by atoms with Gasteiger partial charge in [0.1, 0.15) is 11.4 Å². The molecule has 3 aromatic rings. The van der Waals surface area contributed by atoms with Gasteiger partial charge < -0.3 is 9.64 Å². The Balaban J connectivity index is 1.23. The van der Waals surface area contributed by atoms with E-state index in [1.165, 1.54) is 25.7 Å². The van der Waals surface area contributed by atoms with Crippen molar-refractivity contribution in [2.45, 2.75) is 49.9 Å². The Morgan fingerprint density at radius 1 is 0.968 bits per heavy atom. The molecule has 3 saturated heterocycles. The van der Waals surface area contributed by atoms with E-state index in [-0.39, 0.29) is 0 Å². The number of nitrogens with zero attached hydrogens (tertiary/aromatic N) is 8. The van der Waals surface area contributed by atoms with E-state index in [0.717, 1.165) is 40.5 Å². The summed E-state index contributed by atoms with van der Waals surface area (Å²) in [6.45, 7) is 0. The van der Waals surface area contributed by atoms with E-state index in [4.69, 9.17) is 4.74 Å². The first-order chi connectivity index (χ1) is 15.1. The second-order valence-electron chi connectivity index (χ2n) is 8.86. The van der Waals surface area contributed by atoms with E-state index < -0.39 is 0 Å². The van der Waals surface area contributed by atoms with Gasteiger partial charge in [-0.25, -0.2) is 4.98 Å². The van der Waals surface area contributed by atoms with Gasteiger partial charge in [-0.2, -0.15) is 0 Å². The summed E-state index contributed by atoms with van der Waals surface area (Å²) in [5, 5.41) is 17.2. The second-order valence-corrected chi connectivity index (χ2v) is 8.86. The Morgan fingerprint density at radius 2 is 1.77 bits per heavy atom. The van der Waals surface area contributed by atoms with Gasteiger partial charge in [0.05, 0.1) is 24.6 Å². The lowest BCUT2D eigenvalue weighted by Crippen LogP contribution is -2.56. The van der Waals surface area contributed by atoms with Gasteiger partial charge in [0.25, 0.3) is 0 Å². The minimum Gasteiger partial charge on any atom is -0.480 e. The van der Waals surface area contributed by atoms with Crippen LogP contribution < -0.4 is 9.64 Å². The van der Waals surface area contributed by atoms with Crippen LogP contribution in [0.3, 0.4) is 0 Å². The van der Waals surface area contributed by atoms with Crippen molar-refractivity contribution in [3.8, 4) is 28.5 Å². The summed E-state index contributed by atoms with van der Waals surface area (Å²) < 4.78 is 7.16. The SMILES string of the molecule is COc1nc(-c2ccc(N(C)[C@H]3C[C@@H]4CC[C@@H]5CC3N54)nn2)ccc1-c1cn(C)nn1. The van der Waals surface area contributed by atoms with Crippen LogP contribution in [0.15, 0.2) is 30.5 Å². The zero-order valence-electron chi connectivity index (χ0n) is 18.0. The van der Waals surface area contributed by atoms with E-state index in [1.807, 2.05) is 37.5 Å². The third kappa shape index (κ3) is 2.90. The van der Waals surface area contributed by atoms with E-state index in [9.17, 15) is 0 Å². The average Bonchev–Trinajstić information content (AvgIpc) is 3.41. The van der Waals surface area contributed by atoms with Gasteiger partial charge in [0.2, 0.25) is 5.88 Å². The van der Waals surface area contributed by atoms with E-state index >= 15 is 0 Å². The first-order valence-corrected chi connectivity index (χ1v) is 10.9. The third-order valence-corrected chi connectivity index (χ3v) is 7.23. The molecule has 3 fully saturated rings. The molecule has 3 aliphatic heterocycles. The standard InChI is InChI=1S/C22H26N8O/c1-28-12-18(25-27-28)15-6-7-16(23-22(15)31-3)17-8-9-21(26-24-17)29(2)19-10-13-4-5-14-11-20(19)30(13)14/h6-9,12-14,19-20H,4-5,10-11H2,1-3H3/t13-,14+,19-,20?/m0/s1. The molecule has 4 atom stereocenters. The Bertz CT molecular complexity index is 1110. The van der Waals surface area contributed by atoms with Crippen LogP contribution in [0.5, 0.6) is 5.88 Å². The highest BCUT2D eigenvalue weighted by molar-refractivity contribution is 5.68. The molecule has 9 heteroatoms. The highest BCUT2D eigenvalue weighted by Crippen LogP contribution is 2.49. The van der Waals surface area contributed by atoms with Crippen molar-refractivity contribution >= 4 is 5.82 Å². The van der Waals surface area contributed by atoms with Crippen LogP contribution in [0.4, 0.5) is 5.82 Å². The van der Waals surface area contributed by atoms with Gasteiger partial charge in [-0.3, -0.25) is 9.58 Å². The molecule has 160 valence electrons. The van der Waals surface area contributed by atoms with Crippen LogP contribution in [0.2, 0.25) is 0 Å². The second kappa shape index (κ2) is 6.98. The Hall–Kier alpha value is -3.07. The molecule has 0 radical (unpaired) electrons. The van der Waals surface area contributed by atoms with Gasteiger partial charge in [-0.15, -0.1) is 15.3 Å². The number of anilines is 1. The Kier molecular flexibility index (Phi) is 4.21. The topological polar surface area (TPSA) is 85.1 Å². The molecular weight excluding hydrogens is 392 g/mol. The third-order valence-electron chi connectivity index (χ3n) is 7.23. The Labute approximate surface area is 181 Å². The molecule has 0 spiro atoms. The van der Waals surface area contributed by atoms with Crippen LogP contribution in [0.1, 0.15) is 25.7 Å². The molecule has 1 unspecified atom stereocenters. The summed E-state index contributed by atoms with van der Waals surface area (Å²) in [5.74, 6) is 1.41. The van der Waals surface area contributed by atoms with E-state index in [1.54, 1.807) is 11.8 Å². The molecule has 0 bridgehead atoms. The molecule has 0 amide bonds. The van der Waals surface area contributed by atoms with Crippen LogP contribution in [0, 0.1) is 0 Å². The van der Waals surface area contributed by atoms with Crippen molar-refractivity contribution in [3.05, 3.63) is 30.5 Å². The lowest BCUT2D eigenvalue weighted by atomic mass is 9.88. The highest BCUT2D eigenvalue weighted by Gasteiger charge is 2.56. The molecule has 3 aliphatic rings. The van der Waals surface area contributed by atoms with E-state index in [2.05, 4.69) is 42.3 Å². The number of hydrogen-bond donors (Lipinski definition) is 0. The normalized spacial score (nSPS) is 26.5. The largest absolute Gasteiger partial charge is 0.480 e. The molecule has 0 aliphatic carbocycles. The van der Waals surface area contributed by atoms with Crippen LogP contribution >= 0.6 is 0 Å². The fourth-order valence-corrected chi connectivity index (χ4v) is 5.70. The molecule has 0 saturated carbocycles. The van der Waals surface area contributed by atoms with Crippen molar-refractivity contribution in [3.63, 3.8) is 0 Å². The predicted molar refractivity (Wildman–Crippen MR) is 116 cm³/mol. The summed E-state index contributed by atoms with van der Waals surface area (Å²) in [5.41, 5.74) is 2.95. The molecule has 0 N–H and O–H groups in total. The van der Waals surface area contributed by atoms with Crippen molar-refractivity contribution in [2.75, 3.05) is 19.1 Å². The van der Waals surface area contributed by atoms with Crippen molar-refractivity contribution in [2.24, 2.45) is 7.05 Å². The zero-order chi connectivity index (χ0) is 21.1. The molecule has 3 aromatic heterocycles. The van der Waals surface area contributed by atoms with Crippen LogP contribution in [0.25, 0.3) is 22.6 Å². The highest BCUT2D eigenvalue weighted by atomic mass is 16.5. The number of aromatic nitrogens is 6. The lowest BCUT2D eigenvalue weighted by molar-refractivity contribution is 0.0563. The lowest BCUT2D eigenvalue weighted by Gasteiger charge is -2.46. The number of likely N-dealkylation sites (N-methyl/N-ethyl adjacent to an activating group) is 1. The number of pyridine rings is 1. The van der Waals surface area contributed by atoms with Crippen molar-refractivity contribution in [1.82, 2.24) is 35.1 Å². The van der Waals surface area contributed by atoms with Gasteiger partial charge in [0, 0.05) is 38.3 Å². The van der Waals surface area contributed by atoms with Crippen LogP contribution in [-0.2, 0) is 7.05 Å². The fourth-order valence-electron chi connectivity index (χ4n) is 5.70. The van der Waals surface area contributed by atoms with Gasteiger partial charge >= 0.3 is 0 Å². The molecule has 31 heavy (non-hydrogen) atoms. The summed E-state index contributed by atoms with van der Waals surface area (Å²) in [4.78, 5) is 9.70. The Morgan fingerprint density at radius 3 is 2.45 bits per heavy atom. The zero-order valence-corrected chi connectivity index (χ0v) is 18.0. The van der Waals surface area contributed by atoms with Crippen LogP contribution in [-0.4, -0.2) is 73.4 Å². The first-order valence-electron chi connectivity index (χ1n) is 10.9. The van der Waals surface area contributed by atoms with Gasteiger partial charge in [-0.05, 0) is 49.9 Å².